The Labute approximate surface area is 80.2 Å². The second kappa shape index (κ2) is 3.57. The summed E-state index contributed by atoms with van der Waals surface area (Å²) in [7, 11) is 0. The molecule has 0 N–H and O–H groups in total. The molecule has 1 aliphatic rings. The van der Waals surface area contributed by atoms with Crippen molar-refractivity contribution in [2.75, 3.05) is 0 Å². The molecule has 0 saturated carbocycles. The summed E-state index contributed by atoms with van der Waals surface area (Å²) in [5.74, 6) is -0.622. The Morgan fingerprint density at radius 3 is 3.00 bits per heavy atom. The predicted octanol–water partition coefficient (Wildman–Crippen LogP) is 1.32. The number of carbonyl (C=O) groups is 1. The Hall–Kier alpha value is -1.71. The van der Waals surface area contributed by atoms with E-state index >= 15 is 0 Å². The van der Waals surface area contributed by atoms with E-state index < -0.39 is 6.10 Å². The van der Waals surface area contributed by atoms with E-state index in [0.717, 1.165) is 12.0 Å². The molecule has 0 fully saturated rings. The molecule has 14 heavy (non-hydrogen) atoms. The lowest BCUT2D eigenvalue weighted by Gasteiger charge is -2.06. The van der Waals surface area contributed by atoms with E-state index in [4.69, 9.17) is 4.74 Å². The highest BCUT2D eigenvalue weighted by Gasteiger charge is 2.23. The van der Waals surface area contributed by atoms with Gasteiger partial charge in [0.2, 0.25) is 0 Å². The van der Waals surface area contributed by atoms with Crippen molar-refractivity contribution in [2.24, 2.45) is 4.99 Å². The number of carbonyl (C=O) groups excluding carboxylic acids is 1. The molecule has 1 aromatic carbocycles. The van der Waals surface area contributed by atoms with Crippen LogP contribution in [0.4, 0.5) is 4.39 Å². The summed E-state index contributed by atoms with van der Waals surface area (Å²) in [5, 5.41) is 0. The molecule has 0 saturated heterocycles. The van der Waals surface area contributed by atoms with Gasteiger partial charge in [0, 0.05) is 6.42 Å². The van der Waals surface area contributed by atoms with E-state index in [1.165, 1.54) is 12.1 Å². The number of aliphatic imine (C=N–C) groups is 1. The Morgan fingerprint density at radius 1 is 1.50 bits per heavy atom. The van der Waals surface area contributed by atoms with Crippen LogP contribution in [-0.2, 0) is 16.0 Å². The summed E-state index contributed by atoms with van der Waals surface area (Å²) >= 11 is 0. The molecular weight excluding hydrogens is 185 g/mol. The van der Waals surface area contributed by atoms with Crippen LogP contribution in [0, 0.1) is 5.82 Å². The third-order valence-electron chi connectivity index (χ3n) is 1.99. The highest BCUT2D eigenvalue weighted by Crippen LogP contribution is 2.11. The van der Waals surface area contributed by atoms with Gasteiger partial charge in [0.15, 0.2) is 12.5 Å². The lowest BCUT2D eigenvalue weighted by molar-refractivity contribution is -0.122. The number of nitrogens with zero attached hydrogens (tertiary/aromatic N) is 1. The first kappa shape index (κ1) is 8.87. The standard InChI is InChI=1S/C10H8FNO2/c11-8-3-1-2-7(4-8)5-9-10(13)12-6-14-9/h1-4,6,9H,5H2. The van der Waals surface area contributed by atoms with Gasteiger partial charge in [-0.1, -0.05) is 12.1 Å². The van der Waals surface area contributed by atoms with Gasteiger partial charge in [-0.3, -0.25) is 4.79 Å². The van der Waals surface area contributed by atoms with E-state index in [-0.39, 0.29) is 11.7 Å². The van der Waals surface area contributed by atoms with Crippen molar-refractivity contribution in [2.45, 2.75) is 12.5 Å². The molecule has 1 atom stereocenters. The van der Waals surface area contributed by atoms with Crippen LogP contribution in [0.25, 0.3) is 0 Å². The normalized spacial score (nSPS) is 19.8. The van der Waals surface area contributed by atoms with Gasteiger partial charge in [-0.2, -0.15) is 4.99 Å². The quantitative estimate of drug-likeness (QED) is 0.710. The molecule has 0 radical (unpaired) electrons. The monoisotopic (exact) mass is 193 g/mol. The van der Waals surface area contributed by atoms with Crippen molar-refractivity contribution in [1.29, 1.82) is 0 Å². The van der Waals surface area contributed by atoms with Crippen molar-refractivity contribution < 1.29 is 13.9 Å². The fourth-order valence-corrected chi connectivity index (χ4v) is 1.31. The summed E-state index contributed by atoms with van der Waals surface area (Å²) < 4.78 is 17.7. The third kappa shape index (κ3) is 1.79. The summed E-state index contributed by atoms with van der Waals surface area (Å²) in [5.41, 5.74) is 0.730. The van der Waals surface area contributed by atoms with Gasteiger partial charge in [-0.05, 0) is 17.7 Å². The van der Waals surface area contributed by atoms with Crippen LogP contribution in [0.3, 0.4) is 0 Å². The summed E-state index contributed by atoms with van der Waals surface area (Å²) in [6.07, 6.45) is 0.903. The molecule has 2 rings (SSSR count). The zero-order valence-corrected chi connectivity index (χ0v) is 7.31. The number of rotatable bonds is 2. The topological polar surface area (TPSA) is 38.7 Å². The Bertz CT molecular complexity index is 389. The van der Waals surface area contributed by atoms with Crippen molar-refractivity contribution in [3.63, 3.8) is 0 Å². The van der Waals surface area contributed by atoms with E-state index in [2.05, 4.69) is 4.99 Å². The first-order chi connectivity index (χ1) is 6.75. The minimum atomic E-state index is -0.586. The van der Waals surface area contributed by atoms with E-state index in [1.54, 1.807) is 12.1 Å². The summed E-state index contributed by atoms with van der Waals surface area (Å²) in [6.45, 7) is 0. The Balaban J connectivity index is 2.08. The SMILES string of the molecule is O=C1N=COC1Cc1cccc(F)c1. The maximum atomic E-state index is 12.8. The molecule has 1 aliphatic heterocycles. The van der Waals surface area contributed by atoms with Crippen LogP contribution < -0.4 is 0 Å². The lowest BCUT2D eigenvalue weighted by atomic mass is 10.1. The van der Waals surface area contributed by atoms with Gasteiger partial charge < -0.3 is 4.74 Å². The van der Waals surface area contributed by atoms with Crippen molar-refractivity contribution in [3.8, 4) is 0 Å². The van der Waals surface area contributed by atoms with Gasteiger partial charge in [-0.15, -0.1) is 0 Å². The predicted molar refractivity (Wildman–Crippen MR) is 48.5 cm³/mol. The third-order valence-corrected chi connectivity index (χ3v) is 1.99. The Morgan fingerprint density at radius 2 is 2.36 bits per heavy atom. The number of hydrogen-bond acceptors (Lipinski definition) is 2. The average molecular weight is 193 g/mol. The zero-order chi connectivity index (χ0) is 9.97. The van der Waals surface area contributed by atoms with Gasteiger partial charge in [0.25, 0.3) is 5.91 Å². The fraction of sp³-hybridized carbons (Fsp3) is 0.200. The second-order valence-electron chi connectivity index (χ2n) is 3.03. The fourth-order valence-electron chi connectivity index (χ4n) is 1.31. The molecule has 1 amide bonds. The Kier molecular flexibility index (Phi) is 2.26. The highest BCUT2D eigenvalue weighted by molar-refractivity contribution is 5.91. The maximum Gasteiger partial charge on any atom is 0.289 e. The molecule has 1 aromatic rings. The van der Waals surface area contributed by atoms with E-state index in [0.29, 0.717) is 6.42 Å². The molecule has 0 spiro atoms. The van der Waals surface area contributed by atoms with Gasteiger partial charge >= 0.3 is 0 Å². The first-order valence-electron chi connectivity index (χ1n) is 4.22. The van der Waals surface area contributed by atoms with Gasteiger partial charge in [-0.25, -0.2) is 4.39 Å². The minimum Gasteiger partial charge on any atom is -0.470 e. The number of ether oxygens (including phenoxy) is 1. The minimum absolute atomic E-state index is 0.311. The van der Waals surface area contributed by atoms with Crippen LogP contribution in [0.2, 0.25) is 0 Å². The summed E-state index contributed by atoms with van der Waals surface area (Å²) in [4.78, 5) is 14.5. The van der Waals surface area contributed by atoms with Crippen LogP contribution in [-0.4, -0.2) is 18.4 Å². The smallest absolute Gasteiger partial charge is 0.289 e. The second-order valence-corrected chi connectivity index (χ2v) is 3.03. The van der Waals surface area contributed by atoms with Crippen molar-refractivity contribution in [1.82, 2.24) is 0 Å². The molecule has 1 heterocycles. The maximum absolute atomic E-state index is 12.8. The molecule has 0 aromatic heterocycles. The number of amides is 1. The van der Waals surface area contributed by atoms with Gasteiger partial charge in [0.05, 0.1) is 0 Å². The number of hydrogen-bond donors (Lipinski definition) is 0. The average Bonchev–Trinajstić information content (AvgIpc) is 2.52. The van der Waals surface area contributed by atoms with Crippen molar-refractivity contribution >= 4 is 12.3 Å². The van der Waals surface area contributed by atoms with Crippen molar-refractivity contribution in [3.05, 3.63) is 35.6 Å². The highest BCUT2D eigenvalue weighted by atomic mass is 19.1. The van der Waals surface area contributed by atoms with Crippen LogP contribution in [0.5, 0.6) is 0 Å². The molecule has 0 bridgehead atoms. The molecule has 4 heteroatoms. The molecule has 72 valence electrons. The first-order valence-corrected chi connectivity index (χ1v) is 4.22. The molecule has 1 unspecified atom stereocenters. The molecule has 3 nitrogen and oxygen atoms in total. The van der Waals surface area contributed by atoms with E-state index in [1.807, 2.05) is 0 Å². The number of halogens is 1. The van der Waals surface area contributed by atoms with Crippen LogP contribution in [0.15, 0.2) is 29.3 Å². The molecular formula is C10H8FNO2. The summed E-state index contributed by atoms with van der Waals surface area (Å²) in [6, 6.07) is 6.09. The van der Waals surface area contributed by atoms with Crippen LogP contribution in [0.1, 0.15) is 5.56 Å². The number of benzene rings is 1. The molecule has 0 aliphatic carbocycles. The largest absolute Gasteiger partial charge is 0.470 e. The zero-order valence-electron chi connectivity index (χ0n) is 7.31. The van der Waals surface area contributed by atoms with Gasteiger partial charge in [0.1, 0.15) is 5.82 Å². The lowest BCUT2D eigenvalue weighted by Crippen LogP contribution is -2.19. The van der Waals surface area contributed by atoms with Crippen LogP contribution >= 0.6 is 0 Å². The van der Waals surface area contributed by atoms with E-state index in [9.17, 15) is 9.18 Å².